The molecule has 2 heterocycles. The van der Waals surface area contributed by atoms with Crippen molar-refractivity contribution < 1.29 is 0 Å². The second-order valence-electron chi connectivity index (χ2n) is 5.20. The van der Waals surface area contributed by atoms with Gasteiger partial charge >= 0.3 is 0 Å². The maximum Gasteiger partial charge on any atom is 0.289 e. The van der Waals surface area contributed by atoms with Gasteiger partial charge in [0, 0.05) is 5.92 Å². The van der Waals surface area contributed by atoms with E-state index in [9.17, 15) is 4.79 Å². The zero-order valence-electron chi connectivity index (χ0n) is 12.2. The third kappa shape index (κ3) is 2.46. The summed E-state index contributed by atoms with van der Waals surface area (Å²) in [5.41, 5.74) is 1.14. The SMILES string of the molecule is CCCC(CCC)c1nc2cc(C)c(C#N)c(=O)n2[nH]1. The quantitative estimate of drug-likeness (QED) is 0.909. The molecule has 0 aliphatic heterocycles. The highest BCUT2D eigenvalue weighted by molar-refractivity contribution is 5.47. The molecular weight excluding hydrogens is 252 g/mol. The van der Waals surface area contributed by atoms with E-state index in [1.165, 1.54) is 4.52 Å². The summed E-state index contributed by atoms with van der Waals surface area (Å²) in [4.78, 5) is 16.7. The molecule has 2 aromatic rings. The van der Waals surface area contributed by atoms with Crippen LogP contribution in [0, 0.1) is 18.3 Å². The fourth-order valence-electron chi connectivity index (χ4n) is 2.60. The van der Waals surface area contributed by atoms with Gasteiger partial charge in [-0.1, -0.05) is 26.7 Å². The third-order valence-corrected chi connectivity index (χ3v) is 3.62. The first kappa shape index (κ1) is 14.3. The molecule has 5 heteroatoms. The van der Waals surface area contributed by atoms with Gasteiger partial charge in [0.1, 0.15) is 17.5 Å². The number of hydrogen-bond donors (Lipinski definition) is 1. The van der Waals surface area contributed by atoms with Crippen LogP contribution in [0.3, 0.4) is 0 Å². The molecule has 0 unspecified atom stereocenters. The predicted octanol–water partition coefficient (Wildman–Crippen LogP) is 2.89. The lowest BCUT2D eigenvalue weighted by molar-refractivity contribution is 0.533. The molecule has 2 aromatic heterocycles. The van der Waals surface area contributed by atoms with E-state index >= 15 is 0 Å². The highest BCUT2D eigenvalue weighted by atomic mass is 16.1. The molecule has 20 heavy (non-hydrogen) atoms. The Morgan fingerprint density at radius 1 is 1.40 bits per heavy atom. The van der Waals surface area contributed by atoms with Crippen LogP contribution in [0.5, 0.6) is 0 Å². The highest BCUT2D eigenvalue weighted by Gasteiger charge is 2.17. The number of pyridine rings is 1. The number of rotatable bonds is 5. The van der Waals surface area contributed by atoms with Crippen molar-refractivity contribution in [1.29, 1.82) is 5.26 Å². The second-order valence-corrected chi connectivity index (χ2v) is 5.20. The lowest BCUT2D eigenvalue weighted by atomic mass is 9.98. The molecular formula is C15H20N4O. The number of nitrogens with zero attached hydrogens (tertiary/aromatic N) is 3. The molecule has 1 N–H and O–H groups in total. The van der Waals surface area contributed by atoms with E-state index in [-0.39, 0.29) is 11.1 Å². The maximum absolute atomic E-state index is 12.2. The number of fused-ring (bicyclic) bond motifs is 1. The molecule has 0 saturated carbocycles. The Bertz CT molecular complexity index is 699. The summed E-state index contributed by atoms with van der Waals surface area (Å²) in [5, 5.41) is 12.1. The van der Waals surface area contributed by atoms with E-state index in [1.54, 1.807) is 13.0 Å². The number of nitrogens with one attached hydrogen (secondary N) is 1. The van der Waals surface area contributed by atoms with Gasteiger partial charge in [-0.3, -0.25) is 9.89 Å². The minimum Gasteiger partial charge on any atom is -0.276 e. The van der Waals surface area contributed by atoms with E-state index in [4.69, 9.17) is 5.26 Å². The molecule has 0 atom stereocenters. The number of aromatic nitrogens is 3. The van der Waals surface area contributed by atoms with Gasteiger partial charge in [0.15, 0.2) is 5.65 Å². The van der Waals surface area contributed by atoms with Gasteiger partial charge < -0.3 is 0 Å². The Labute approximate surface area is 118 Å². The topological polar surface area (TPSA) is 73.9 Å². The molecule has 2 rings (SSSR count). The Balaban J connectivity index is 2.56. The standard InChI is InChI=1S/C15H20N4O/c1-4-6-11(7-5-2)14-17-13-8-10(3)12(9-16)15(20)19(13)18-14/h8,11H,4-7H2,1-3H3,(H,17,18). The van der Waals surface area contributed by atoms with Gasteiger partial charge in [-0.25, -0.2) is 4.98 Å². The highest BCUT2D eigenvalue weighted by Crippen LogP contribution is 2.23. The molecule has 0 bridgehead atoms. The minimum absolute atomic E-state index is 0.181. The lowest BCUT2D eigenvalue weighted by Crippen LogP contribution is -2.18. The summed E-state index contributed by atoms with van der Waals surface area (Å²) in [6, 6.07) is 3.75. The summed E-state index contributed by atoms with van der Waals surface area (Å²) in [5.74, 6) is 1.19. The van der Waals surface area contributed by atoms with Crippen LogP contribution >= 0.6 is 0 Å². The van der Waals surface area contributed by atoms with Crippen molar-refractivity contribution in [1.82, 2.24) is 14.6 Å². The van der Waals surface area contributed by atoms with Crippen molar-refractivity contribution in [2.24, 2.45) is 0 Å². The zero-order chi connectivity index (χ0) is 14.7. The zero-order valence-corrected chi connectivity index (χ0v) is 12.2. The molecule has 0 fully saturated rings. The molecule has 0 radical (unpaired) electrons. The van der Waals surface area contributed by atoms with Crippen LogP contribution in [0.2, 0.25) is 0 Å². The van der Waals surface area contributed by atoms with Crippen LogP contribution in [0.1, 0.15) is 62.4 Å². The van der Waals surface area contributed by atoms with Crippen LogP contribution < -0.4 is 5.56 Å². The van der Waals surface area contributed by atoms with Crippen molar-refractivity contribution in [3.8, 4) is 6.07 Å². The Kier molecular flexibility index (Phi) is 4.23. The first-order valence-corrected chi connectivity index (χ1v) is 7.14. The molecule has 0 spiro atoms. The number of aromatic amines is 1. The summed E-state index contributed by atoms with van der Waals surface area (Å²) in [6.45, 7) is 6.06. The number of hydrogen-bond acceptors (Lipinski definition) is 3. The van der Waals surface area contributed by atoms with Crippen molar-refractivity contribution in [3.63, 3.8) is 0 Å². The second kappa shape index (κ2) is 5.91. The third-order valence-electron chi connectivity index (χ3n) is 3.62. The van der Waals surface area contributed by atoms with Crippen molar-refractivity contribution in [2.75, 3.05) is 0 Å². The summed E-state index contributed by atoms with van der Waals surface area (Å²) in [7, 11) is 0. The van der Waals surface area contributed by atoms with Gasteiger partial charge in [-0.05, 0) is 31.4 Å². The van der Waals surface area contributed by atoms with Gasteiger partial charge in [0.05, 0.1) is 0 Å². The van der Waals surface area contributed by atoms with Crippen molar-refractivity contribution >= 4 is 5.65 Å². The van der Waals surface area contributed by atoms with Gasteiger partial charge in [-0.2, -0.15) is 9.78 Å². The normalized spacial score (nSPS) is 11.2. The number of aryl methyl sites for hydroxylation is 1. The average Bonchev–Trinajstić information content (AvgIpc) is 2.83. The predicted molar refractivity (Wildman–Crippen MR) is 77.8 cm³/mol. The fraction of sp³-hybridized carbons (Fsp3) is 0.533. The average molecular weight is 272 g/mol. The van der Waals surface area contributed by atoms with E-state index in [0.29, 0.717) is 17.1 Å². The number of H-pyrrole nitrogens is 1. The van der Waals surface area contributed by atoms with Crippen molar-refractivity contribution in [3.05, 3.63) is 33.4 Å². The molecule has 0 aliphatic rings. The largest absolute Gasteiger partial charge is 0.289 e. The smallest absolute Gasteiger partial charge is 0.276 e. The Morgan fingerprint density at radius 2 is 2.05 bits per heavy atom. The van der Waals surface area contributed by atoms with Crippen LogP contribution in [0.25, 0.3) is 5.65 Å². The summed E-state index contributed by atoms with van der Waals surface area (Å²) >= 11 is 0. The molecule has 0 saturated heterocycles. The van der Waals surface area contributed by atoms with Crippen LogP contribution in [-0.4, -0.2) is 14.6 Å². The van der Waals surface area contributed by atoms with Crippen LogP contribution in [0.4, 0.5) is 0 Å². The van der Waals surface area contributed by atoms with E-state index in [0.717, 1.165) is 31.5 Å². The summed E-state index contributed by atoms with van der Waals surface area (Å²) < 4.78 is 1.39. The minimum atomic E-state index is -0.312. The molecule has 0 amide bonds. The van der Waals surface area contributed by atoms with E-state index in [1.807, 2.05) is 6.07 Å². The molecule has 106 valence electrons. The van der Waals surface area contributed by atoms with Crippen LogP contribution in [-0.2, 0) is 0 Å². The van der Waals surface area contributed by atoms with Gasteiger partial charge in [-0.15, -0.1) is 0 Å². The lowest BCUT2D eigenvalue weighted by Gasteiger charge is -2.11. The van der Waals surface area contributed by atoms with Gasteiger partial charge in [0.25, 0.3) is 5.56 Å². The van der Waals surface area contributed by atoms with Crippen molar-refractivity contribution in [2.45, 2.75) is 52.4 Å². The van der Waals surface area contributed by atoms with Crippen LogP contribution in [0.15, 0.2) is 10.9 Å². The molecule has 0 aliphatic carbocycles. The van der Waals surface area contributed by atoms with E-state index < -0.39 is 0 Å². The number of nitriles is 1. The Hall–Kier alpha value is -2.09. The molecule has 5 nitrogen and oxygen atoms in total. The van der Waals surface area contributed by atoms with Gasteiger partial charge in [0.2, 0.25) is 0 Å². The van der Waals surface area contributed by atoms with E-state index in [2.05, 4.69) is 23.9 Å². The summed E-state index contributed by atoms with van der Waals surface area (Å²) in [6.07, 6.45) is 4.26. The Morgan fingerprint density at radius 3 is 2.60 bits per heavy atom. The first-order chi connectivity index (χ1) is 9.62. The monoisotopic (exact) mass is 272 g/mol. The fourth-order valence-corrected chi connectivity index (χ4v) is 2.60. The first-order valence-electron chi connectivity index (χ1n) is 7.14. The maximum atomic E-state index is 12.2. The molecule has 0 aromatic carbocycles.